The number of aromatic nitrogens is 1. The zero-order valence-corrected chi connectivity index (χ0v) is 16.3. The molecule has 0 fully saturated rings. The molecule has 2 N–H and O–H groups in total. The Kier molecular flexibility index (Phi) is 5.64. The molecule has 1 aliphatic heterocycles. The Bertz CT molecular complexity index is 989. The van der Waals surface area contributed by atoms with E-state index in [0.29, 0.717) is 18.7 Å². The molecule has 0 radical (unpaired) electrons. The fraction of sp³-hybridized carbons (Fsp3) is 0.375. The normalized spacial score (nSPS) is 15.1. The summed E-state index contributed by atoms with van der Waals surface area (Å²) >= 11 is 1.14. The van der Waals surface area contributed by atoms with Gasteiger partial charge in [-0.1, -0.05) is 17.4 Å². The minimum atomic E-state index is -4.51. The van der Waals surface area contributed by atoms with Crippen LogP contribution < -0.4 is 10.6 Å². The van der Waals surface area contributed by atoms with Crippen LogP contribution in [-0.2, 0) is 29.2 Å². The van der Waals surface area contributed by atoms with E-state index in [4.69, 9.17) is 0 Å². The van der Waals surface area contributed by atoms with E-state index in [-0.39, 0.29) is 23.1 Å². The predicted molar refractivity (Wildman–Crippen MR) is 99.8 cm³/mol. The highest BCUT2D eigenvalue weighted by Crippen LogP contribution is 2.31. The van der Waals surface area contributed by atoms with Gasteiger partial charge in [0.1, 0.15) is 0 Å². The van der Waals surface area contributed by atoms with Crippen molar-refractivity contribution in [2.75, 3.05) is 22.9 Å². The van der Waals surface area contributed by atoms with Crippen molar-refractivity contribution in [2.45, 2.75) is 26.1 Å². The summed E-state index contributed by atoms with van der Waals surface area (Å²) in [6.07, 6.45) is -4.07. The molecule has 0 bridgehead atoms. The molecule has 0 saturated heterocycles. The number of amides is 2. The standard InChI is InChI=1S/C16H17F3N4O3S2/c1-2-28(25,26)23-7-6-12-13(9-23)27-15(21-12)22-14(24)20-11-5-3-4-10(8-11)16(17,18)19/h3-5,8H,2,6-7,9H2,1H3,(H2,20,21,22,24). The molecular weight excluding hydrogens is 417 g/mol. The van der Waals surface area contributed by atoms with Crippen molar-refractivity contribution in [1.82, 2.24) is 9.29 Å². The zero-order chi connectivity index (χ0) is 20.5. The van der Waals surface area contributed by atoms with Gasteiger partial charge in [0.15, 0.2) is 5.13 Å². The molecule has 0 atom stereocenters. The lowest BCUT2D eigenvalue weighted by Crippen LogP contribution is -2.36. The molecule has 28 heavy (non-hydrogen) atoms. The van der Waals surface area contributed by atoms with Crippen molar-refractivity contribution in [3.8, 4) is 0 Å². The number of urea groups is 1. The average Bonchev–Trinajstić information content (AvgIpc) is 3.02. The number of carbonyl (C=O) groups is 1. The second-order valence-corrected chi connectivity index (χ2v) is 9.37. The van der Waals surface area contributed by atoms with Crippen LogP contribution in [0.2, 0.25) is 0 Å². The van der Waals surface area contributed by atoms with E-state index in [1.807, 2.05) is 0 Å². The van der Waals surface area contributed by atoms with Crippen molar-refractivity contribution in [3.63, 3.8) is 0 Å². The lowest BCUT2D eigenvalue weighted by atomic mass is 10.2. The molecule has 0 unspecified atom stereocenters. The van der Waals surface area contributed by atoms with Crippen LogP contribution in [0.1, 0.15) is 23.1 Å². The van der Waals surface area contributed by atoms with Gasteiger partial charge in [-0.3, -0.25) is 5.32 Å². The molecule has 0 aliphatic carbocycles. The van der Waals surface area contributed by atoms with Gasteiger partial charge in [-0.15, -0.1) is 0 Å². The van der Waals surface area contributed by atoms with Gasteiger partial charge in [0.25, 0.3) is 0 Å². The lowest BCUT2D eigenvalue weighted by molar-refractivity contribution is -0.137. The summed E-state index contributed by atoms with van der Waals surface area (Å²) in [4.78, 5) is 17.1. The number of benzene rings is 1. The lowest BCUT2D eigenvalue weighted by Gasteiger charge is -2.24. The SMILES string of the molecule is CCS(=O)(=O)N1CCc2nc(NC(=O)Nc3cccc(C(F)(F)F)c3)sc2C1. The highest BCUT2D eigenvalue weighted by molar-refractivity contribution is 7.89. The predicted octanol–water partition coefficient (Wildman–Crippen LogP) is 3.51. The fourth-order valence-corrected chi connectivity index (χ4v) is 4.84. The molecule has 1 aliphatic rings. The summed E-state index contributed by atoms with van der Waals surface area (Å²) in [5, 5.41) is 5.07. The molecule has 1 aromatic carbocycles. The van der Waals surface area contributed by atoms with Gasteiger partial charge in [0, 0.05) is 30.1 Å². The number of hydrogen-bond acceptors (Lipinski definition) is 5. The summed E-state index contributed by atoms with van der Waals surface area (Å²) in [6.45, 7) is 2.09. The zero-order valence-electron chi connectivity index (χ0n) is 14.7. The van der Waals surface area contributed by atoms with Gasteiger partial charge in [-0.25, -0.2) is 18.2 Å². The fourth-order valence-electron chi connectivity index (χ4n) is 2.68. The Morgan fingerprint density at radius 3 is 2.75 bits per heavy atom. The molecule has 2 aromatic rings. The van der Waals surface area contributed by atoms with Crippen LogP contribution in [0.4, 0.5) is 28.8 Å². The van der Waals surface area contributed by atoms with Crippen molar-refractivity contribution in [3.05, 3.63) is 40.4 Å². The first-order valence-corrected chi connectivity index (χ1v) is 10.7. The summed E-state index contributed by atoms with van der Waals surface area (Å²) in [7, 11) is -3.31. The number of thiazole rings is 1. The number of rotatable bonds is 4. The van der Waals surface area contributed by atoms with E-state index >= 15 is 0 Å². The Balaban J connectivity index is 1.67. The molecular formula is C16H17F3N4O3S2. The van der Waals surface area contributed by atoms with Crippen LogP contribution in [0.25, 0.3) is 0 Å². The Morgan fingerprint density at radius 1 is 1.32 bits per heavy atom. The minimum absolute atomic E-state index is 0.00559. The number of hydrogen-bond donors (Lipinski definition) is 2. The van der Waals surface area contributed by atoms with E-state index in [1.54, 1.807) is 6.92 Å². The second-order valence-electron chi connectivity index (χ2n) is 6.03. The minimum Gasteiger partial charge on any atom is -0.308 e. The summed E-state index contributed by atoms with van der Waals surface area (Å²) in [6, 6.07) is 3.55. The number of carbonyl (C=O) groups excluding carboxylic acids is 1. The summed E-state index contributed by atoms with van der Waals surface area (Å²) in [5.74, 6) is 0.00559. The highest BCUT2D eigenvalue weighted by Gasteiger charge is 2.31. The molecule has 1 aromatic heterocycles. The van der Waals surface area contributed by atoms with Gasteiger partial charge < -0.3 is 5.32 Å². The van der Waals surface area contributed by atoms with Crippen LogP contribution in [0.5, 0.6) is 0 Å². The van der Waals surface area contributed by atoms with Crippen LogP contribution in [0.3, 0.4) is 0 Å². The van der Waals surface area contributed by atoms with Gasteiger partial charge in [-0.2, -0.15) is 17.5 Å². The topological polar surface area (TPSA) is 91.4 Å². The first kappa shape index (κ1) is 20.6. The molecule has 12 heteroatoms. The third kappa shape index (κ3) is 4.62. The second kappa shape index (κ2) is 7.68. The highest BCUT2D eigenvalue weighted by atomic mass is 32.2. The van der Waals surface area contributed by atoms with Crippen LogP contribution >= 0.6 is 11.3 Å². The van der Waals surface area contributed by atoms with E-state index < -0.39 is 27.8 Å². The molecule has 0 saturated carbocycles. The van der Waals surface area contributed by atoms with Crippen LogP contribution in [0.15, 0.2) is 24.3 Å². The van der Waals surface area contributed by atoms with Crippen LogP contribution in [-0.4, -0.2) is 36.0 Å². The third-order valence-electron chi connectivity index (χ3n) is 4.12. The Labute approximate surface area is 163 Å². The Hall–Kier alpha value is -2.18. The van der Waals surface area contributed by atoms with Crippen molar-refractivity contribution in [2.24, 2.45) is 0 Å². The summed E-state index contributed by atoms with van der Waals surface area (Å²) in [5.41, 5.74) is -0.164. The van der Waals surface area contributed by atoms with Crippen LogP contribution in [0, 0.1) is 0 Å². The van der Waals surface area contributed by atoms with Crippen molar-refractivity contribution >= 4 is 38.2 Å². The van der Waals surface area contributed by atoms with Gasteiger partial charge in [0.05, 0.1) is 17.0 Å². The number of alkyl halides is 3. The molecule has 7 nitrogen and oxygen atoms in total. The van der Waals surface area contributed by atoms with E-state index in [1.165, 1.54) is 16.4 Å². The number of anilines is 2. The molecule has 152 valence electrons. The van der Waals surface area contributed by atoms with Gasteiger partial charge in [0.2, 0.25) is 10.0 Å². The molecule has 2 heterocycles. The maximum atomic E-state index is 12.7. The van der Waals surface area contributed by atoms with Crippen molar-refractivity contribution in [1.29, 1.82) is 0 Å². The number of fused-ring (bicyclic) bond motifs is 1. The van der Waals surface area contributed by atoms with E-state index in [9.17, 15) is 26.4 Å². The third-order valence-corrected chi connectivity index (χ3v) is 6.95. The van der Waals surface area contributed by atoms with E-state index in [0.717, 1.165) is 28.3 Å². The monoisotopic (exact) mass is 434 g/mol. The number of halogens is 3. The largest absolute Gasteiger partial charge is 0.416 e. The quantitative estimate of drug-likeness (QED) is 0.770. The van der Waals surface area contributed by atoms with Gasteiger partial charge in [-0.05, 0) is 25.1 Å². The smallest absolute Gasteiger partial charge is 0.308 e. The van der Waals surface area contributed by atoms with Crippen molar-refractivity contribution < 1.29 is 26.4 Å². The molecule has 0 spiro atoms. The van der Waals surface area contributed by atoms with E-state index in [2.05, 4.69) is 15.6 Å². The maximum absolute atomic E-state index is 12.7. The average molecular weight is 434 g/mol. The number of sulfonamides is 1. The first-order chi connectivity index (χ1) is 13.1. The van der Waals surface area contributed by atoms with Gasteiger partial charge >= 0.3 is 12.2 Å². The number of nitrogens with one attached hydrogen (secondary N) is 2. The molecule has 3 rings (SSSR count). The molecule has 2 amide bonds. The maximum Gasteiger partial charge on any atom is 0.416 e. The summed E-state index contributed by atoms with van der Waals surface area (Å²) < 4.78 is 63.6. The Morgan fingerprint density at radius 2 is 2.07 bits per heavy atom. The number of nitrogens with zero attached hydrogens (tertiary/aromatic N) is 2. The first-order valence-electron chi connectivity index (χ1n) is 8.30.